The second-order valence-corrected chi connectivity index (χ2v) is 5.19. The lowest BCUT2D eigenvalue weighted by atomic mass is 10.1. The van der Waals surface area contributed by atoms with Crippen molar-refractivity contribution in [3.63, 3.8) is 0 Å². The van der Waals surface area contributed by atoms with Crippen LogP contribution in [0.25, 0.3) is 0 Å². The zero-order valence-electron chi connectivity index (χ0n) is 12.5. The van der Waals surface area contributed by atoms with E-state index in [0.29, 0.717) is 25.8 Å². The number of nitro groups is 1. The summed E-state index contributed by atoms with van der Waals surface area (Å²) in [7, 11) is 0. The third kappa shape index (κ3) is 6.88. The Morgan fingerprint density at radius 1 is 1.43 bits per heavy atom. The number of nitrogens with zero attached hydrogens (tertiary/aromatic N) is 2. The fourth-order valence-corrected chi connectivity index (χ4v) is 2.14. The number of amides is 2. The first kappa shape index (κ1) is 18.6. The van der Waals surface area contributed by atoms with Crippen LogP contribution in [0.4, 0.5) is 0 Å². The van der Waals surface area contributed by atoms with E-state index in [0.717, 1.165) is 0 Å². The summed E-state index contributed by atoms with van der Waals surface area (Å²) >= 11 is 0. The number of carbonyl (C=O) groups excluding carboxylic acids is 2. The lowest BCUT2D eigenvalue weighted by Crippen LogP contribution is -2.46. The Morgan fingerprint density at radius 2 is 2.13 bits per heavy atom. The van der Waals surface area contributed by atoms with Crippen LogP contribution >= 0.6 is 0 Å². The Bertz CT molecular complexity index is 483. The Hall–Kier alpha value is -2.47. The van der Waals surface area contributed by atoms with Gasteiger partial charge in [-0.05, 0) is 19.3 Å². The minimum atomic E-state index is -0.812. The first-order chi connectivity index (χ1) is 10.8. The molecule has 12 nitrogen and oxygen atoms in total. The van der Waals surface area contributed by atoms with E-state index in [2.05, 4.69) is 15.6 Å². The number of guanidine groups is 1. The standard InChI is InChI=1S/C11H22N8O4/c12-7(2-1-3-15-11(14)18-19(22)23)10(21)17-6-4-8(9(13)20)16-5-6/h6-8,16H,1-5,12H2,(H2,13,20)(H,17,21)(H3,14,15,18)/t6-,7+,8+/m0/s1. The first-order valence-electron chi connectivity index (χ1n) is 7.09. The maximum absolute atomic E-state index is 11.9. The number of hydrazine groups is 1. The van der Waals surface area contributed by atoms with Gasteiger partial charge in [0.25, 0.3) is 5.96 Å². The normalized spacial score (nSPS) is 22.4. The summed E-state index contributed by atoms with van der Waals surface area (Å²) in [4.78, 5) is 36.7. The average Bonchev–Trinajstić information content (AvgIpc) is 2.91. The molecule has 1 saturated heterocycles. The Kier molecular flexibility index (Phi) is 7.15. The monoisotopic (exact) mass is 330 g/mol. The van der Waals surface area contributed by atoms with E-state index in [-0.39, 0.29) is 24.5 Å². The Morgan fingerprint density at radius 3 is 2.70 bits per heavy atom. The molecule has 0 aromatic rings. The summed E-state index contributed by atoms with van der Waals surface area (Å²) < 4.78 is 0. The zero-order valence-corrected chi connectivity index (χ0v) is 12.5. The van der Waals surface area contributed by atoms with Crippen LogP contribution in [0.15, 0.2) is 4.99 Å². The van der Waals surface area contributed by atoms with Crippen molar-refractivity contribution in [3.05, 3.63) is 10.1 Å². The molecule has 1 fully saturated rings. The molecule has 0 aromatic heterocycles. The van der Waals surface area contributed by atoms with E-state index in [9.17, 15) is 19.7 Å². The predicted octanol–water partition coefficient (Wildman–Crippen LogP) is -3.48. The van der Waals surface area contributed by atoms with E-state index in [1.807, 2.05) is 0 Å². The van der Waals surface area contributed by atoms with Gasteiger partial charge in [0.1, 0.15) is 0 Å². The molecule has 0 saturated carbocycles. The van der Waals surface area contributed by atoms with Crippen LogP contribution in [0.2, 0.25) is 0 Å². The van der Waals surface area contributed by atoms with Gasteiger partial charge in [0.15, 0.2) is 5.03 Å². The van der Waals surface area contributed by atoms with Crippen molar-refractivity contribution < 1.29 is 14.6 Å². The molecule has 1 rings (SSSR count). The zero-order chi connectivity index (χ0) is 17.4. The van der Waals surface area contributed by atoms with Gasteiger partial charge in [0, 0.05) is 19.1 Å². The van der Waals surface area contributed by atoms with Crippen molar-refractivity contribution in [2.24, 2.45) is 22.2 Å². The van der Waals surface area contributed by atoms with Gasteiger partial charge < -0.3 is 27.8 Å². The minimum absolute atomic E-state index is 0.191. The number of hydrogen-bond donors (Lipinski definition) is 6. The van der Waals surface area contributed by atoms with Crippen LogP contribution < -0.4 is 33.3 Å². The fourth-order valence-electron chi connectivity index (χ4n) is 2.14. The predicted molar refractivity (Wildman–Crippen MR) is 81.4 cm³/mol. The molecule has 3 atom stereocenters. The number of primary amides is 1. The van der Waals surface area contributed by atoms with Crippen LogP contribution in [0.3, 0.4) is 0 Å². The number of nitrogens with two attached hydrogens (primary N) is 3. The summed E-state index contributed by atoms with van der Waals surface area (Å²) in [6.07, 6.45) is 1.23. The van der Waals surface area contributed by atoms with E-state index < -0.39 is 23.0 Å². The largest absolute Gasteiger partial charge is 0.368 e. The third-order valence-corrected chi connectivity index (χ3v) is 3.32. The molecule has 1 aliphatic rings. The van der Waals surface area contributed by atoms with Gasteiger partial charge in [0.05, 0.1) is 12.1 Å². The highest BCUT2D eigenvalue weighted by Crippen LogP contribution is 2.06. The molecular weight excluding hydrogens is 308 g/mol. The highest BCUT2D eigenvalue weighted by atomic mass is 16.7. The first-order valence-corrected chi connectivity index (χ1v) is 7.09. The lowest BCUT2D eigenvalue weighted by molar-refractivity contribution is -0.525. The quantitative estimate of drug-likeness (QED) is 0.0864. The summed E-state index contributed by atoms with van der Waals surface area (Å²) in [6.45, 7) is 0.668. The third-order valence-electron chi connectivity index (χ3n) is 3.32. The van der Waals surface area contributed by atoms with E-state index in [1.54, 1.807) is 5.43 Å². The second-order valence-electron chi connectivity index (χ2n) is 5.19. The van der Waals surface area contributed by atoms with Gasteiger partial charge in [-0.3, -0.25) is 9.59 Å². The maximum Gasteiger partial charge on any atom is 0.251 e. The molecule has 1 heterocycles. The number of nitrogens with one attached hydrogen (secondary N) is 3. The van der Waals surface area contributed by atoms with E-state index in [1.165, 1.54) is 0 Å². The smallest absolute Gasteiger partial charge is 0.251 e. The van der Waals surface area contributed by atoms with Crippen LogP contribution in [0.5, 0.6) is 0 Å². The maximum atomic E-state index is 11.9. The van der Waals surface area contributed by atoms with Crippen LogP contribution in [-0.4, -0.2) is 54.0 Å². The molecule has 12 heteroatoms. The molecule has 9 N–H and O–H groups in total. The van der Waals surface area contributed by atoms with Crippen LogP contribution in [0.1, 0.15) is 19.3 Å². The summed E-state index contributed by atoms with van der Waals surface area (Å²) in [6, 6.07) is -1.37. The number of carbonyl (C=O) groups is 2. The van der Waals surface area contributed by atoms with Gasteiger partial charge >= 0.3 is 0 Å². The van der Waals surface area contributed by atoms with E-state index >= 15 is 0 Å². The highest BCUT2D eigenvalue weighted by molar-refractivity contribution is 5.83. The molecule has 0 aromatic carbocycles. The van der Waals surface area contributed by atoms with E-state index in [4.69, 9.17) is 17.2 Å². The highest BCUT2D eigenvalue weighted by Gasteiger charge is 2.29. The van der Waals surface area contributed by atoms with Crippen LogP contribution in [-0.2, 0) is 9.59 Å². The van der Waals surface area contributed by atoms with Crippen molar-refractivity contribution in [2.75, 3.05) is 13.1 Å². The fraction of sp³-hybridized carbons (Fsp3) is 0.727. The van der Waals surface area contributed by atoms with Gasteiger partial charge in [-0.25, -0.2) is 15.1 Å². The molecule has 0 unspecified atom stereocenters. The lowest BCUT2D eigenvalue weighted by Gasteiger charge is -2.16. The van der Waals surface area contributed by atoms with Crippen molar-refractivity contribution >= 4 is 17.8 Å². The second kappa shape index (κ2) is 8.85. The summed E-state index contributed by atoms with van der Waals surface area (Å²) in [5.74, 6) is -1.09. The minimum Gasteiger partial charge on any atom is -0.368 e. The topological polar surface area (TPSA) is 204 Å². The summed E-state index contributed by atoms with van der Waals surface area (Å²) in [5, 5.41) is 14.9. The van der Waals surface area contributed by atoms with Gasteiger partial charge in [-0.15, -0.1) is 0 Å². The van der Waals surface area contributed by atoms with Crippen molar-refractivity contribution in [3.8, 4) is 0 Å². The molecule has 2 amide bonds. The van der Waals surface area contributed by atoms with Crippen LogP contribution in [0, 0.1) is 10.1 Å². The van der Waals surface area contributed by atoms with Crippen molar-refractivity contribution in [1.82, 2.24) is 16.1 Å². The molecule has 0 spiro atoms. The Labute approximate surface area is 132 Å². The molecule has 0 aliphatic carbocycles. The molecular formula is C11H22N8O4. The number of hydrogen-bond acceptors (Lipinski definition) is 7. The number of rotatable bonds is 8. The SMILES string of the molecule is NC(=O)[C@H]1C[C@H](NC(=O)[C@H](N)CCCN=C(N)N[N+](=O)[O-])CN1. The summed E-state index contributed by atoms with van der Waals surface area (Å²) in [5.41, 5.74) is 17.9. The van der Waals surface area contributed by atoms with Crippen molar-refractivity contribution in [1.29, 1.82) is 0 Å². The Balaban J connectivity index is 2.24. The molecule has 23 heavy (non-hydrogen) atoms. The average molecular weight is 330 g/mol. The van der Waals surface area contributed by atoms with Gasteiger partial charge in [-0.2, -0.15) is 0 Å². The number of aliphatic imine (C=N–C) groups is 1. The molecule has 1 aliphatic heterocycles. The van der Waals surface area contributed by atoms with Crippen molar-refractivity contribution in [2.45, 2.75) is 37.4 Å². The molecule has 0 bridgehead atoms. The van der Waals surface area contributed by atoms with Gasteiger partial charge in [0.2, 0.25) is 11.8 Å². The molecule has 0 radical (unpaired) electrons. The van der Waals surface area contributed by atoms with Gasteiger partial charge in [-0.1, -0.05) is 5.43 Å². The molecule has 130 valence electrons.